The first-order valence-electron chi connectivity index (χ1n) is 11.3. The molecule has 0 amide bonds. The van der Waals surface area contributed by atoms with Crippen LogP contribution in [0.4, 0.5) is 13.2 Å². The van der Waals surface area contributed by atoms with Crippen LogP contribution in [0, 0.1) is 0 Å². The van der Waals surface area contributed by atoms with E-state index in [9.17, 15) is 18.3 Å². The molecular formula is C25H29F3N3O3+. The van der Waals surface area contributed by atoms with E-state index in [0.717, 1.165) is 42.1 Å². The maximum absolute atomic E-state index is 12.9. The molecule has 0 aromatic heterocycles. The van der Waals surface area contributed by atoms with E-state index in [1.165, 1.54) is 12.1 Å². The lowest BCUT2D eigenvalue weighted by atomic mass is 10.00. The van der Waals surface area contributed by atoms with E-state index in [0.29, 0.717) is 31.0 Å². The van der Waals surface area contributed by atoms with E-state index >= 15 is 0 Å². The van der Waals surface area contributed by atoms with E-state index in [-0.39, 0.29) is 12.1 Å². The van der Waals surface area contributed by atoms with Crippen molar-refractivity contribution in [2.45, 2.75) is 45.0 Å². The lowest BCUT2D eigenvalue weighted by molar-refractivity contribution is -0.519. The molecule has 2 aliphatic heterocycles. The summed E-state index contributed by atoms with van der Waals surface area (Å²) in [5.74, 6) is 1.47. The first-order valence-corrected chi connectivity index (χ1v) is 11.3. The van der Waals surface area contributed by atoms with Crippen molar-refractivity contribution in [3.63, 3.8) is 0 Å². The highest BCUT2D eigenvalue weighted by atomic mass is 19.4. The number of fused-ring (bicyclic) bond motifs is 1. The Morgan fingerprint density at radius 1 is 1.12 bits per heavy atom. The standard InChI is InChI=1S/C25H28F3N3O3/c1-24(2,3)34-23(32)30-19-10-12-31(15-19)22-20-14-17(6-9-21(20)33-13-11-29-22)16-4-7-18(8-5-16)25(26,27)28/h4-9,14,19H,10-13,15H2,1-3H3,(H,30,32)/p+1. The van der Waals surface area contributed by atoms with Crippen LogP contribution in [-0.4, -0.2) is 59.8 Å². The number of ether oxygens (including phenoxy) is 2. The van der Waals surface area contributed by atoms with Crippen LogP contribution in [0.1, 0.15) is 38.3 Å². The summed E-state index contributed by atoms with van der Waals surface area (Å²) in [4.78, 5) is 9.90. The molecule has 0 radical (unpaired) electrons. The number of hydrogen-bond acceptors (Lipinski definition) is 4. The van der Waals surface area contributed by atoms with Gasteiger partial charge in [-0.15, -0.1) is 0 Å². The third-order valence-electron chi connectivity index (χ3n) is 5.59. The smallest absolute Gasteiger partial charge is 0.491 e. The fourth-order valence-electron chi connectivity index (χ4n) is 4.09. The minimum atomic E-state index is -4.37. The van der Waals surface area contributed by atoms with Crippen molar-refractivity contribution in [2.24, 2.45) is 4.99 Å². The highest BCUT2D eigenvalue weighted by Gasteiger charge is 2.33. The van der Waals surface area contributed by atoms with Crippen molar-refractivity contribution in [2.75, 3.05) is 26.2 Å². The molecule has 9 heteroatoms. The lowest BCUT2D eigenvalue weighted by Gasteiger charge is -2.21. The predicted octanol–water partition coefficient (Wildman–Crippen LogP) is 3.40. The topological polar surface area (TPSA) is 68.3 Å². The third-order valence-corrected chi connectivity index (χ3v) is 5.59. The van der Waals surface area contributed by atoms with Gasteiger partial charge in [0.25, 0.3) is 0 Å². The number of rotatable bonds is 2. The summed E-state index contributed by atoms with van der Waals surface area (Å²) in [6, 6.07) is 10.7. The van der Waals surface area contributed by atoms with Gasteiger partial charge in [-0.2, -0.15) is 18.2 Å². The normalized spacial score (nSPS) is 19.2. The van der Waals surface area contributed by atoms with Crippen molar-refractivity contribution in [1.82, 2.24) is 4.90 Å². The Morgan fingerprint density at radius 2 is 1.82 bits per heavy atom. The van der Waals surface area contributed by atoms with Crippen molar-refractivity contribution < 1.29 is 32.7 Å². The molecule has 2 heterocycles. The molecule has 182 valence electrons. The molecule has 0 bridgehead atoms. The van der Waals surface area contributed by atoms with E-state index < -0.39 is 17.3 Å². The first-order chi connectivity index (χ1) is 16.0. The molecule has 34 heavy (non-hydrogen) atoms. The first kappa shape index (κ1) is 23.9. The Bertz CT molecular complexity index is 1090. The zero-order valence-electron chi connectivity index (χ0n) is 19.4. The molecule has 2 N–H and O–H groups in total. The van der Waals surface area contributed by atoms with Gasteiger partial charge in [0.1, 0.15) is 23.8 Å². The minimum absolute atomic E-state index is 0.0178. The van der Waals surface area contributed by atoms with Crippen molar-refractivity contribution >= 4 is 11.9 Å². The van der Waals surface area contributed by atoms with Crippen LogP contribution in [-0.2, 0) is 10.9 Å². The van der Waals surface area contributed by atoms with Crippen LogP contribution < -0.4 is 9.73 Å². The summed E-state index contributed by atoms with van der Waals surface area (Å²) in [6.07, 6.45) is -3.79. The number of aliphatic hydroxyl groups excluding tert-OH is 1. The zero-order chi connectivity index (χ0) is 24.5. The molecule has 0 spiro atoms. The van der Waals surface area contributed by atoms with Gasteiger partial charge in [0.2, 0.25) is 0 Å². The molecule has 4 rings (SSSR count). The maximum atomic E-state index is 12.9. The van der Waals surface area contributed by atoms with E-state index in [2.05, 4.69) is 9.89 Å². The number of nitrogens with one attached hydrogen (secondary N) is 1. The second kappa shape index (κ2) is 9.19. The maximum Gasteiger partial charge on any atom is 0.545 e. The van der Waals surface area contributed by atoms with Gasteiger partial charge in [0.15, 0.2) is 6.04 Å². The van der Waals surface area contributed by atoms with Crippen molar-refractivity contribution in [3.8, 4) is 16.9 Å². The minimum Gasteiger partial charge on any atom is -0.491 e. The van der Waals surface area contributed by atoms with Crippen LogP contribution in [0.15, 0.2) is 47.5 Å². The quantitative estimate of drug-likeness (QED) is 0.515. The number of halogens is 3. The molecule has 1 saturated heterocycles. The Morgan fingerprint density at radius 3 is 2.50 bits per heavy atom. The van der Waals surface area contributed by atoms with E-state index in [1.807, 2.05) is 39.0 Å². The molecule has 2 aromatic rings. The molecule has 2 aliphatic rings. The monoisotopic (exact) mass is 476 g/mol. The molecule has 1 fully saturated rings. The van der Waals surface area contributed by atoms with Gasteiger partial charge in [-0.05, 0) is 56.2 Å². The zero-order valence-corrected chi connectivity index (χ0v) is 19.4. The molecule has 0 aliphatic carbocycles. The van der Waals surface area contributed by atoms with Crippen LogP contribution in [0.5, 0.6) is 5.75 Å². The SMILES string of the molecule is CC(C)(C)OC(O)=[NH+]C1CCN(C2=NCCOc3ccc(-c4ccc(C(F)(F)F)cc4)cc32)C1. The number of hydrogen-bond donors (Lipinski definition) is 2. The average Bonchev–Trinajstić information content (AvgIpc) is 3.09. The average molecular weight is 477 g/mol. The fourth-order valence-corrected chi connectivity index (χ4v) is 4.09. The summed E-state index contributed by atoms with van der Waals surface area (Å²) < 4.78 is 50.2. The summed E-state index contributed by atoms with van der Waals surface area (Å²) in [7, 11) is 0. The Balaban J connectivity index is 1.57. The third kappa shape index (κ3) is 5.63. The Hall–Kier alpha value is -3.23. The molecule has 1 unspecified atom stereocenters. The molecule has 2 aromatic carbocycles. The number of aliphatic imine (C=N–C) groups is 1. The van der Waals surface area contributed by atoms with Gasteiger partial charge < -0.3 is 19.5 Å². The second-order valence-corrected chi connectivity index (χ2v) is 9.44. The predicted molar refractivity (Wildman–Crippen MR) is 123 cm³/mol. The number of aliphatic hydroxyl groups is 1. The van der Waals surface area contributed by atoms with Gasteiger partial charge in [-0.3, -0.25) is 4.99 Å². The van der Waals surface area contributed by atoms with Crippen molar-refractivity contribution in [3.05, 3.63) is 53.6 Å². The molecular weight excluding hydrogens is 447 g/mol. The van der Waals surface area contributed by atoms with Crippen molar-refractivity contribution in [1.29, 1.82) is 0 Å². The summed E-state index contributed by atoms with van der Waals surface area (Å²) in [5.41, 5.74) is 1.08. The second-order valence-electron chi connectivity index (χ2n) is 9.44. The highest BCUT2D eigenvalue weighted by Crippen LogP contribution is 2.33. The summed E-state index contributed by atoms with van der Waals surface area (Å²) >= 11 is 0. The van der Waals surface area contributed by atoms with E-state index in [1.54, 1.807) is 0 Å². The van der Waals surface area contributed by atoms with Gasteiger partial charge in [-0.25, -0.2) is 0 Å². The summed E-state index contributed by atoms with van der Waals surface area (Å²) in [6.45, 7) is 7.85. The highest BCUT2D eigenvalue weighted by molar-refractivity contribution is 6.02. The number of alkyl halides is 3. The summed E-state index contributed by atoms with van der Waals surface area (Å²) in [5, 5.41) is 10.1. The van der Waals surface area contributed by atoms with Crippen LogP contribution in [0.3, 0.4) is 0 Å². The number of amidine groups is 1. The van der Waals surface area contributed by atoms with E-state index in [4.69, 9.17) is 14.5 Å². The van der Waals surface area contributed by atoms with Gasteiger partial charge >= 0.3 is 12.3 Å². The van der Waals surface area contributed by atoms with Crippen LogP contribution in [0.2, 0.25) is 0 Å². The van der Waals surface area contributed by atoms with Gasteiger partial charge in [-0.1, -0.05) is 18.2 Å². The molecule has 6 nitrogen and oxygen atoms in total. The number of benzene rings is 2. The lowest BCUT2D eigenvalue weighted by Crippen LogP contribution is -2.81. The molecule has 0 saturated carbocycles. The fraction of sp³-hybridized carbons (Fsp3) is 0.440. The van der Waals surface area contributed by atoms with Gasteiger partial charge in [0.05, 0.1) is 24.2 Å². The Kier molecular flexibility index (Phi) is 6.47. The molecule has 1 atom stereocenters. The number of nitrogens with zero attached hydrogens (tertiary/aromatic N) is 2. The Labute approximate surface area is 196 Å². The van der Waals surface area contributed by atoms with Gasteiger partial charge in [0, 0.05) is 13.0 Å². The largest absolute Gasteiger partial charge is 0.545 e. The number of likely N-dealkylation sites (tertiary alicyclic amines) is 1. The van der Waals surface area contributed by atoms with Crippen LogP contribution >= 0.6 is 0 Å². The van der Waals surface area contributed by atoms with Crippen LogP contribution in [0.25, 0.3) is 11.1 Å².